The van der Waals surface area contributed by atoms with Crippen molar-refractivity contribution < 1.29 is 19.0 Å². The van der Waals surface area contributed by atoms with Crippen LogP contribution < -0.4 is 0 Å². The molecule has 22 heavy (non-hydrogen) atoms. The van der Waals surface area contributed by atoms with Gasteiger partial charge in [-0.2, -0.15) is 0 Å². The first-order chi connectivity index (χ1) is 10.5. The summed E-state index contributed by atoms with van der Waals surface area (Å²) in [5.41, 5.74) is 1.83. The first kappa shape index (κ1) is 14.7. The average Bonchev–Trinajstić information content (AvgIpc) is 2.79. The highest BCUT2D eigenvalue weighted by molar-refractivity contribution is 7.17. The Bertz CT molecular complexity index is 841. The van der Waals surface area contributed by atoms with Crippen molar-refractivity contribution in [2.24, 2.45) is 4.99 Å². The summed E-state index contributed by atoms with van der Waals surface area (Å²) in [6.45, 7) is 0. The molecular formula is C15H9ClFNO3S. The molecule has 0 radical (unpaired) electrons. The summed E-state index contributed by atoms with van der Waals surface area (Å²) in [6.07, 6.45) is 1.07. The fraction of sp³-hybridized carbons (Fsp3) is 0.0667. The maximum atomic E-state index is 13.5. The third kappa shape index (κ3) is 2.51. The fourth-order valence-electron chi connectivity index (χ4n) is 2.26. The van der Waals surface area contributed by atoms with Gasteiger partial charge >= 0.3 is 5.97 Å². The van der Waals surface area contributed by atoms with E-state index in [0.29, 0.717) is 31.6 Å². The topological polar surface area (TPSA) is 58.9 Å². The van der Waals surface area contributed by atoms with Crippen LogP contribution in [0.3, 0.4) is 0 Å². The zero-order chi connectivity index (χ0) is 15.9. The van der Waals surface area contributed by atoms with Crippen molar-refractivity contribution in [2.75, 3.05) is 7.11 Å². The zero-order valence-electron chi connectivity index (χ0n) is 11.3. The summed E-state index contributed by atoms with van der Waals surface area (Å²) in [5, 5.41) is 9.15. The number of benzene rings is 1. The van der Waals surface area contributed by atoms with Crippen LogP contribution in [0.25, 0.3) is 5.57 Å². The van der Waals surface area contributed by atoms with Crippen LogP contribution in [0.1, 0.15) is 16.0 Å². The Morgan fingerprint density at radius 1 is 1.41 bits per heavy atom. The zero-order valence-corrected chi connectivity index (χ0v) is 12.8. The minimum absolute atomic E-state index is 0.263. The molecule has 1 aromatic carbocycles. The van der Waals surface area contributed by atoms with Crippen LogP contribution in [0.15, 0.2) is 35.3 Å². The number of hydrogen-bond acceptors (Lipinski definition) is 4. The minimum Gasteiger partial charge on any atom is -0.481 e. The van der Waals surface area contributed by atoms with Gasteiger partial charge in [0.25, 0.3) is 0 Å². The maximum absolute atomic E-state index is 13.5. The number of fused-ring (bicyclic) bond motifs is 2. The molecule has 2 aromatic rings. The molecule has 0 spiro atoms. The van der Waals surface area contributed by atoms with E-state index in [2.05, 4.69) is 4.99 Å². The minimum atomic E-state index is -1.11. The van der Waals surface area contributed by atoms with Crippen LogP contribution in [0.4, 0.5) is 10.1 Å². The van der Waals surface area contributed by atoms with Gasteiger partial charge in [-0.1, -0.05) is 11.6 Å². The molecule has 7 heteroatoms. The molecule has 0 fully saturated rings. The second kappa shape index (κ2) is 5.55. The van der Waals surface area contributed by atoms with E-state index in [-0.39, 0.29) is 5.90 Å². The van der Waals surface area contributed by atoms with Crippen LogP contribution in [-0.4, -0.2) is 24.1 Å². The summed E-state index contributed by atoms with van der Waals surface area (Å²) in [4.78, 5) is 16.1. The summed E-state index contributed by atoms with van der Waals surface area (Å²) in [5.74, 6) is -1.31. The molecule has 0 amide bonds. The molecule has 112 valence electrons. The molecule has 2 heterocycles. The van der Waals surface area contributed by atoms with Crippen LogP contribution in [0, 0.1) is 5.82 Å². The van der Waals surface area contributed by atoms with E-state index in [1.165, 1.54) is 36.6 Å². The molecule has 0 saturated heterocycles. The van der Waals surface area contributed by atoms with Gasteiger partial charge in [-0.05, 0) is 18.2 Å². The number of carboxylic acids is 1. The van der Waals surface area contributed by atoms with Crippen molar-refractivity contribution >= 4 is 46.1 Å². The van der Waals surface area contributed by atoms with E-state index in [9.17, 15) is 9.18 Å². The fourth-order valence-corrected chi connectivity index (χ4v) is 3.51. The van der Waals surface area contributed by atoms with Crippen molar-refractivity contribution in [3.05, 3.63) is 56.5 Å². The number of aliphatic imine (C=N–C) groups is 1. The van der Waals surface area contributed by atoms with Gasteiger partial charge in [-0.3, -0.25) is 0 Å². The molecule has 3 rings (SSSR count). The molecule has 1 aromatic heterocycles. The number of rotatable bonds is 1. The van der Waals surface area contributed by atoms with Crippen LogP contribution in [0.5, 0.6) is 0 Å². The lowest BCUT2D eigenvalue weighted by Crippen LogP contribution is -2.03. The first-order valence-electron chi connectivity index (χ1n) is 6.17. The van der Waals surface area contributed by atoms with E-state index >= 15 is 0 Å². The molecule has 0 aliphatic carbocycles. The van der Waals surface area contributed by atoms with Crippen molar-refractivity contribution in [1.29, 1.82) is 0 Å². The van der Waals surface area contributed by atoms with Gasteiger partial charge in [0, 0.05) is 28.2 Å². The van der Waals surface area contributed by atoms with Crippen LogP contribution in [0.2, 0.25) is 4.34 Å². The third-order valence-corrected chi connectivity index (χ3v) is 4.41. The van der Waals surface area contributed by atoms with E-state index in [4.69, 9.17) is 21.4 Å². The average molecular weight is 338 g/mol. The number of carboxylic acid groups (broad SMARTS) is 1. The van der Waals surface area contributed by atoms with Crippen LogP contribution >= 0.6 is 22.9 Å². The number of aliphatic carboxylic acids is 1. The molecule has 4 nitrogen and oxygen atoms in total. The summed E-state index contributed by atoms with van der Waals surface area (Å²) >= 11 is 7.27. The lowest BCUT2D eigenvalue weighted by atomic mass is 10.0. The highest BCUT2D eigenvalue weighted by Gasteiger charge is 2.25. The molecule has 0 unspecified atom stereocenters. The molecule has 1 N–H and O–H groups in total. The number of hydrogen-bond donors (Lipinski definition) is 1. The van der Waals surface area contributed by atoms with Crippen LogP contribution in [-0.2, 0) is 9.53 Å². The SMILES string of the molecule is COC1=Nc2cc(F)ccc2/C(=C/C(=O)O)c2sc(Cl)cc21. The maximum Gasteiger partial charge on any atom is 0.328 e. The Kier molecular flexibility index (Phi) is 3.72. The smallest absolute Gasteiger partial charge is 0.328 e. The van der Waals surface area contributed by atoms with E-state index in [1.54, 1.807) is 6.07 Å². The van der Waals surface area contributed by atoms with E-state index < -0.39 is 11.8 Å². The monoisotopic (exact) mass is 337 g/mol. The summed E-state index contributed by atoms with van der Waals surface area (Å²) < 4.78 is 19.2. The van der Waals surface area contributed by atoms with Crippen molar-refractivity contribution in [1.82, 2.24) is 0 Å². The van der Waals surface area contributed by atoms with Gasteiger partial charge in [-0.25, -0.2) is 14.2 Å². The van der Waals surface area contributed by atoms with Crippen molar-refractivity contribution in [3.63, 3.8) is 0 Å². The Morgan fingerprint density at radius 2 is 2.18 bits per heavy atom. The quantitative estimate of drug-likeness (QED) is 0.797. The van der Waals surface area contributed by atoms with Gasteiger partial charge < -0.3 is 9.84 Å². The highest BCUT2D eigenvalue weighted by Crippen LogP contribution is 2.42. The Balaban J connectivity index is 2.38. The summed E-state index contributed by atoms with van der Waals surface area (Å²) in [6, 6.07) is 5.65. The summed E-state index contributed by atoms with van der Waals surface area (Å²) in [7, 11) is 1.44. The molecule has 1 aliphatic heterocycles. The number of ether oxygens (including phenoxy) is 1. The van der Waals surface area contributed by atoms with Gasteiger partial charge in [0.2, 0.25) is 5.90 Å². The highest BCUT2D eigenvalue weighted by atomic mass is 35.5. The number of thiophene rings is 1. The Morgan fingerprint density at radius 3 is 2.86 bits per heavy atom. The largest absolute Gasteiger partial charge is 0.481 e. The van der Waals surface area contributed by atoms with Crippen molar-refractivity contribution in [3.8, 4) is 0 Å². The lowest BCUT2D eigenvalue weighted by molar-refractivity contribution is -0.131. The molecule has 1 aliphatic rings. The number of methoxy groups -OCH3 is 1. The predicted octanol–water partition coefficient (Wildman–Crippen LogP) is 4.10. The standard InChI is InChI=1S/C15H9ClFNO3S/c1-21-15-10-5-12(16)22-14(10)9(6-13(19)20)8-3-2-7(17)4-11(8)18-15/h2-6H,1H3,(H,19,20)/b9-6-. The Hall–Kier alpha value is -2.18. The molecule has 0 atom stereocenters. The number of carbonyl (C=O) groups is 1. The molecular weight excluding hydrogens is 329 g/mol. The van der Waals surface area contributed by atoms with Gasteiger partial charge in [0.1, 0.15) is 5.82 Å². The van der Waals surface area contributed by atoms with Crippen molar-refractivity contribution in [2.45, 2.75) is 0 Å². The van der Waals surface area contributed by atoms with Gasteiger partial charge in [-0.15, -0.1) is 11.3 Å². The molecule has 0 bridgehead atoms. The second-order valence-corrected chi connectivity index (χ2v) is 6.16. The first-order valence-corrected chi connectivity index (χ1v) is 7.36. The normalized spacial score (nSPS) is 14.9. The Labute approximate surface area is 134 Å². The van der Waals surface area contributed by atoms with E-state index in [0.717, 1.165) is 6.08 Å². The number of nitrogens with zero attached hydrogens (tertiary/aromatic N) is 1. The third-order valence-electron chi connectivity index (χ3n) is 3.11. The van der Waals surface area contributed by atoms with Gasteiger partial charge in [0.05, 0.1) is 22.7 Å². The lowest BCUT2D eigenvalue weighted by Gasteiger charge is -2.07. The second-order valence-electron chi connectivity index (χ2n) is 4.47. The predicted molar refractivity (Wildman–Crippen MR) is 83.6 cm³/mol. The number of halogens is 2. The molecule has 0 saturated carbocycles. The van der Waals surface area contributed by atoms with E-state index in [1.807, 2.05) is 0 Å². The van der Waals surface area contributed by atoms with Gasteiger partial charge in [0.15, 0.2) is 0 Å².